The molecule has 1 aliphatic heterocycles. The van der Waals surface area contributed by atoms with Crippen LogP contribution in [0.3, 0.4) is 0 Å². The van der Waals surface area contributed by atoms with E-state index in [0.717, 1.165) is 0 Å². The number of aliphatic hydroxyl groups excluding tert-OH is 2. The molecule has 0 radical (unpaired) electrons. The van der Waals surface area contributed by atoms with Crippen molar-refractivity contribution in [3.63, 3.8) is 0 Å². The molecule has 4 heteroatoms. The van der Waals surface area contributed by atoms with Crippen LogP contribution in [0, 0.1) is 5.92 Å². The summed E-state index contributed by atoms with van der Waals surface area (Å²) in [6.45, 7) is 9.40. The van der Waals surface area contributed by atoms with Crippen molar-refractivity contribution in [1.29, 1.82) is 0 Å². The lowest BCUT2D eigenvalue weighted by molar-refractivity contribution is -0.137. The molecule has 4 atom stereocenters. The third-order valence-corrected chi connectivity index (χ3v) is 4.00. The van der Waals surface area contributed by atoms with Gasteiger partial charge in [0.15, 0.2) is 0 Å². The molecular formula is C15H20O4. The number of carbonyl (C=O) groups excluding carboxylic acids is 1. The van der Waals surface area contributed by atoms with Crippen LogP contribution in [0.15, 0.2) is 36.0 Å². The van der Waals surface area contributed by atoms with Crippen LogP contribution >= 0.6 is 0 Å². The van der Waals surface area contributed by atoms with Crippen molar-refractivity contribution < 1.29 is 19.7 Å². The zero-order chi connectivity index (χ0) is 14.2. The Morgan fingerprint density at radius 2 is 2.00 bits per heavy atom. The monoisotopic (exact) mass is 264 g/mol. The van der Waals surface area contributed by atoms with Gasteiger partial charge < -0.3 is 14.9 Å². The van der Waals surface area contributed by atoms with Crippen LogP contribution in [0.1, 0.15) is 26.2 Å². The Labute approximate surface area is 113 Å². The maximum atomic E-state index is 11.6. The summed E-state index contributed by atoms with van der Waals surface area (Å²) in [4.78, 5) is 11.6. The van der Waals surface area contributed by atoms with Gasteiger partial charge in [0.2, 0.25) is 0 Å². The second kappa shape index (κ2) is 5.31. The molecule has 1 fully saturated rings. The second-order valence-electron chi connectivity index (χ2n) is 5.38. The Bertz CT molecular complexity index is 449. The Morgan fingerprint density at radius 3 is 2.68 bits per heavy atom. The van der Waals surface area contributed by atoms with E-state index in [9.17, 15) is 15.0 Å². The predicted octanol–water partition coefficient (Wildman–Crippen LogP) is 1.49. The number of ether oxygens (including phenoxy) is 1. The molecule has 0 spiro atoms. The Balaban J connectivity index is 2.30. The summed E-state index contributed by atoms with van der Waals surface area (Å²) >= 11 is 0. The first kappa shape index (κ1) is 14.0. The standard InChI is InChI=1S/C15H20O4/c1-8-4-5-11-10(3)15(18)19-14(11)6-9(2)13(17)7-12(8)16/h6,11-14,16-17H,1,3-5,7H2,2H3/b9-6-/t11-,12+,13-,14+/m0/s1. The van der Waals surface area contributed by atoms with E-state index in [-0.39, 0.29) is 24.4 Å². The third-order valence-electron chi connectivity index (χ3n) is 4.00. The van der Waals surface area contributed by atoms with E-state index in [2.05, 4.69) is 13.2 Å². The molecule has 4 nitrogen and oxygen atoms in total. The smallest absolute Gasteiger partial charge is 0.334 e. The van der Waals surface area contributed by atoms with Gasteiger partial charge in [-0.05, 0) is 37.0 Å². The Hall–Kier alpha value is -1.39. The van der Waals surface area contributed by atoms with Gasteiger partial charge in [-0.2, -0.15) is 0 Å². The van der Waals surface area contributed by atoms with Crippen molar-refractivity contribution in [3.05, 3.63) is 36.0 Å². The van der Waals surface area contributed by atoms with Gasteiger partial charge in [0.25, 0.3) is 0 Å². The van der Waals surface area contributed by atoms with Gasteiger partial charge in [0, 0.05) is 17.9 Å². The van der Waals surface area contributed by atoms with E-state index in [1.807, 2.05) is 0 Å². The fraction of sp³-hybridized carbons (Fsp3) is 0.533. The van der Waals surface area contributed by atoms with Crippen LogP contribution in [-0.2, 0) is 9.53 Å². The highest BCUT2D eigenvalue weighted by atomic mass is 16.5. The average Bonchev–Trinajstić information content (AvgIpc) is 2.61. The topological polar surface area (TPSA) is 66.8 Å². The second-order valence-corrected chi connectivity index (χ2v) is 5.38. The lowest BCUT2D eigenvalue weighted by atomic mass is 9.85. The minimum Gasteiger partial charge on any atom is -0.454 e. The molecule has 0 saturated carbocycles. The first-order chi connectivity index (χ1) is 8.90. The maximum absolute atomic E-state index is 11.6. The fourth-order valence-corrected chi connectivity index (χ4v) is 2.56. The van der Waals surface area contributed by atoms with Gasteiger partial charge in [0.1, 0.15) is 6.10 Å². The number of hydrogen-bond donors (Lipinski definition) is 2. The minimum absolute atomic E-state index is 0.100. The Kier molecular flexibility index (Phi) is 3.92. The lowest BCUT2D eigenvalue weighted by Gasteiger charge is -2.24. The lowest BCUT2D eigenvalue weighted by Crippen LogP contribution is -2.25. The van der Waals surface area contributed by atoms with Crippen molar-refractivity contribution in [3.8, 4) is 0 Å². The van der Waals surface area contributed by atoms with Crippen LogP contribution in [0.5, 0.6) is 0 Å². The number of carbonyl (C=O) groups is 1. The molecule has 0 unspecified atom stereocenters. The molecule has 0 aromatic heterocycles. The van der Waals surface area contributed by atoms with Gasteiger partial charge in [0.05, 0.1) is 12.2 Å². The molecule has 1 aliphatic carbocycles. The molecule has 0 amide bonds. The van der Waals surface area contributed by atoms with E-state index >= 15 is 0 Å². The zero-order valence-electron chi connectivity index (χ0n) is 11.1. The minimum atomic E-state index is -0.752. The largest absolute Gasteiger partial charge is 0.454 e. The fourth-order valence-electron chi connectivity index (χ4n) is 2.56. The highest BCUT2D eigenvalue weighted by Crippen LogP contribution is 2.34. The van der Waals surface area contributed by atoms with Gasteiger partial charge in [-0.25, -0.2) is 4.79 Å². The first-order valence-corrected chi connectivity index (χ1v) is 6.52. The van der Waals surface area contributed by atoms with Gasteiger partial charge in [-0.3, -0.25) is 0 Å². The van der Waals surface area contributed by atoms with E-state index < -0.39 is 12.2 Å². The highest BCUT2D eigenvalue weighted by molar-refractivity contribution is 5.91. The van der Waals surface area contributed by atoms with E-state index in [0.29, 0.717) is 29.6 Å². The summed E-state index contributed by atoms with van der Waals surface area (Å²) in [5.74, 6) is -0.476. The molecule has 0 aromatic carbocycles. The van der Waals surface area contributed by atoms with Crippen LogP contribution in [0.25, 0.3) is 0 Å². The number of rotatable bonds is 0. The van der Waals surface area contributed by atoms with Gasteiger partial charge in [-0.15, -0.1) is 0 Å². The molecule has 2 N–H and O–H groups in total. The van der Waals surface area contributed by atoms with E-state index in [4.69, 9.17) is 4.74 Å². The summed E-state index contributed by atoms with van der Waals surface area (Å²) in [5.41, 5.74) is 1.84. The molecule has 1 saturated heterocycles. The van der Waals surface area contributed by atoms with Crippen molar-refractivity contribution in [2.45, 2.75) is 44.5 Å². The molecule has 1 heterocycles. The van der Waals surface area contributed by atoms with Crippen LogP contribution in [-0.4, -0.2) is 34.5 Å². The van der Waals surface area contributed by atoms with Crippen molar-refractivity contribution in [2.24, 2.45) is 5.92 Å². The number of esters is 1. The molecule has 0 bridgehead atoms. The van der Waals surface area contributed by atoms with Crippen molar-refractivity contribution in [2.75, 3.05) is 0 Å². The molecule has 0 aromatic rings. The van der Waals surface area contributed by atoms with Gasteiger partial charge >= 0.3 is 5.97 Å². The summed E-state index contributed by atoms with van der Waals surface area (Å²) in [7, 11) is 0. The summed E-state index contributed by atoms with van der Waals surface area (Å²) in [6, 6.07) is 0. The average molecular weight is 264 g/mol. The number of aliphatic hydroxyl groups is 2. The summed E-state index contributed by atoms with van der Waals surface area (Å²) < 4.78 is 5.27. The SMILES string of the molecule is C=C1CC[C@H]2C(=C)C(=O)O[C@@H]2/C=C(/C)[C@@H](O)C[C@H]1O. The summed E-state index contributed by atoms with van der Waals surface area (Å²) in [5, 5.41) is 19.9. The number of hydrogen-bond acceptors (Lipinski definition) is 4. The highest BCUT2D eigenvalue weighted by Gasteiger charge is 2.38. The van der Waals surface area contributed by atoms with Gasteiger partial charge in [-0.1, -0.05) is 13.2 Å². The van der Waals surface area contributed by atoms with E-state index in [1.54, 1.807) is 13.0 Å². The van der Waals surface area contributed by atoms with E-state index in [1.165, 1.54) is 0 Å². The molecule has 104 valence electrons. The molecule has 2 aliphatic rings. The predicted molar refractivity (Wildman–Crippen MR) is 71.3 cm³/mol. The molecule has 2 rings (SSSR count). The molecule has 19 heavy (non-hydrogen) atoms. The quantitative estimate of drug-likeness (QED) is 0.395. The normalized spacial score (nSPS) is 39.3. The van der Waals surface area contributed by atoms with Crippen molar-refractivity contribution in [1.82, 2.24) is 0 Å². The van der Waals surface area contributed by atoms with Crippen molar-refractivity contribution >= 4 is 5.97 Å². The maximum Gasteiger partial charge on any atom is 0.334 e. The zero-order valence-corrected chi connectivity index (χ0v) is 11.1. The first-order valence-electron chi connectivity index (χ1n) is 6.52. The van der Waals surface area contributed by atoms with Crippen LogP contribution in [0.4, 0.5) is 0 Å². The summed E-state index contributed by atoms with van der Waals surface area (Å²) in [6.07, 6.45) is 1.43. The van der Waals surface area contributed by atoms with Crippen LogP contribution in [0.2, 0.25) is 0 Å². The van der Waals surface area contributed by atoms with Crippen LogP contribution < -0.4 is 0 Å². The third kappa shape index (κ3) is 2.80. The molecular weight excluding hydrogens is 244 g/mol. The Morgan fingerprint density at radius 1 is 1.32 bits per heavy atom. The number of fused-ring (bicyclic) bond motifs is 1.